The fourth-order valence-corrected chi connectivity index (χ4v) is 1.65. The van der Waals surface area contributed by atoms with E-state index in [1.807, 2.05) is 20.8 Å². The van der Waals surface area contributed by atoms with Crippen molar-refractivity contribution in [3.63, 3.8) is 0 Å². The van der Waals surface area contributed by atoms with Crippen molar-refractivity contribution in [2.24, 2.45) is 5.41 Å². The molecule has 1 aromatic heterocycles. The van der Waals surface area contributed by atoms with Crippen LogP contribution in [-0.2, 0) is 0 Å². The van der Waals surface area contributed by atoms with E-state index in [9.17, 15) is 9.18 Å². The first-order valence-corrected chi connectivity index (χ1v) is 5.21. The average Bonchev–Trinajstić information content (AvgIpc) is 2.57. The van der Waals surface area contributed by atoms with Gasteiger partial charge in [0.05, 0.1) is 5.52 Å². The fourth-order valence-electron chi connectivity index (χ4n) is 1.65. The number of aromatic nitrogens is 1. The number of hydrogen-bond acceptors (Lipinski definition) is 1. The molecule has 2 nitrogen and oxygen atoms in total. The van der Waals surface area contributed by atoms with Gasteiger partial charge in [0.1, 0.15) is 5.82 Å². The van der Waals surface area contributed by atoms with E-state index in [4.69, 9.17) is 0 Å². The van der Waals surface area contributed by atoms with Gasteiger partial charge in [-0.25, -0.2) is 4.39 Å². The Morgan fingerprint density at radius 3 is 2.56 bits per heavy atom. The first-order chi connectivity index (χ1) is 7.39. The van der Waals surface area contributed by atoms with Gasteiger partial charge in [0.25, 0.3) is 0 Å². The molecule has 1 heterocycles. The number of fused-ring (bicyclic) bond motifs is 1. The van der Waals surface area contributed by atoms with E-state index in [2.05, 4.69) is 0 Å². The highest BCUT2D eigenvalue weighted by molar-refractivity contribution is 5.94. The maximum atomic E-state index is 13.0. The van der Waals surface area contributed by atoms with E-state index < -0.39 is 5.41 Å². The van der Waals surface area contributed by atoms with E-state index >= 15 is 0 Å². The van der Waals surface area contributed by atoms with Gasteiger partial charge in [0, 0.05) is 17.0 Å². The summed E-state index contributed by atoms with van der Waals surface area (Å²) in [6.45, 7) is 5.60. The van der Waals surface area contributed by atoms with Gasteiger partial charge in [0.15, 0.2) is 0 Å². The lowest BCUT2D eigenvalue weighted by molar-refractivity contribution is 0.0772. The molecule has 0 N–H and O–H groups in total. The van der Waals surface area contributed by atoms with Crippen LogP contribution in [0, 0.1) is 11.2 Å². The fraction of sp³-hybridized carbons (Fsp3) is 0.308. The van der Waals surface area contributed by atoms with Crippen LogP contribution >= 0.6 is 0 Å². The molecule has 2 aromatic rings. The lowest BCUT2D eigenvalue weighted by Gasteiger charge is -2.17. The van der Waals surface area contributed by atoms with Gasteiger partial charge in [-0.15, -0.1) is 0 Å². The highest BCUT2D eigenvalue weighted by Gasteiger charge is 2.23. The smallest absolute Gasteiger partial charge is 0.236 e. The number of hydrogen-bond donors (Lipinski definition) is 0. The normalized spacial score (nSPS) is 12.0. The van der Waals surface area contributed by atoms with Gasteiger partial charge in [0.2, 0.25) is 5.91 Å². The molecule has 84 valence electrons. The zero-order valence-electron chi connectivity index (χ0n) is 9.62. The number of benzene rings is 1. The van der Waals surface area contributed by atoms with Crippen molar-refractivity contribution in [3.05, 3.63) is 36.3 Å². The molecule has 3 heteroatoms. The molecule has 0 fully saturated rings. The Hall–Kier alpha value is -1.64. The zero-order valence-corrected chi connectivity index (χ0v) is 9.62. The number of halogens is 1. The van der Waals surface area contributed by atoms with E-state index in [-0.39, 0.29) is 11.7 Å². The second kappa shape index (κ2) is 3.44. The van der Waals surface area contributed by atoms with Crippen molar-refractivity contribution >= 4 is 16.8 Å². The molecule has 0 saturated heterocycles. The molecule has 0 spiro atoms. The van der Waals surface area contributed by atoms with Gasteiger partial charge >= 0.3 is 0 Å². The molecule has 0 saturated carbocycles. The van der Waals surface area contributed by atoms with Crippen LogP contribution in [0.3, 0.4) is 0 Å². The second-order valence-corrected chi connectivity index (χ2v) is 4.94. The quantitative estimate of drug-likeness (QED) is 0.663. The van der Waals surface area contributed by atoms with Gasteiger partial charge in [-0.3, -0.25) is 9.36 Å². The summed E-state index contributed by atoms with van der Waals surface area (Å²) in [5.74, 6) is -0.275. The molecule has 0 aliphatic carbocycles. The largest absolute Gasteiger partial charge is 0.287 e. The Bertz CT molecular complexity index is 549. The Kier molecular flexibility index (Phi) is 2.34. The molecular formula is C13H14FNO. The third-order valence-corrected chi connectivity index (χ3v) is 2.51. The SMILES string of the molecule is CC(C)(C)C(=O)n1ccc2cc([18F])ccc21. The van der Waals surface area contributed by atoms with Crippen molar-refractivity contribution < 1.29 is 9.18 Å². The van der Waals surface area contributed by atoms with Gasteiger partial charge in [-0.1, -0.05) is 20.8 Å². The topological polar surface area (TPSA) is 22.0 Å². The highest BCUT2D eigenvalue weighted by Crippen LogP contribution is 2.22. The lowest BCUT2D eigenvalue weighted by atomic mass is 9.95. The van der Waals surface area contributed by atoms with Crippen LogP contribution in [0.4, 0.5) is 4.39 Å². The molecule has 16 heavy (non-hydrogen) atoms. The maximum Gasteiger partial charge on any atom is 0.236 e. The Labute approximate surface area is 93.7 Å². The molecule has 0 unspecified atom stereocenters. The summed E-state index contributed by atoms with van der Waals surface area (Å²) < 4.78 is 14.6. The second-order valence-electron chi connectivity index (χ2n) is 4.94. The molecule has 0 amide bonds. The molecule has 0 aliphatic heterocycles. The van der Waals surface area contributed by atoms with Gasteiger partial charge in [-0.2, -0.15) is 0 Å². The van der Waals surface area contributed by atoms with Crippen molar-refractivity contribution in [1.82, 2.24) is 4.57 Å². The predicted octanol–water partition coefficient (Wildman–Crippen LogP) is 3.47. The first kappa shape index (κ1) is 10.9. The van der Waals surface area contributed by atoms with E-state index in [1.54, 1.807) is 22.9 Å². The minimum absolute atomic E-state index is 0.00843. The van der Waals surface area contributed by atoms with Crippen LogP contribution in [0.5, 0.6) is 0 Å². The molecule has 2 rings (SSSR count). The molecular weight excluding hydrogens is 204 g/mol. The first-order valence-electron chi connectivity index (χ1n) is 5.21. The Balaban J connectivity index is 2.59. The van der Waals surface area contributed by atoms with Crippen LogP contribution in [0.1, 0.15) is 25.6 Å². The summed E-state index contributed by atoms with van der Waals surface area (Å²) in [6, 6.07) is 6.19. The summed E-state index contributed by atoms with van der Waals surface area (Å²) in [5.41, 5.74) is 0.307. The van der Waals surface area contributed by atoms with Gasteiger partial charge < -0.3 is 0 Å². The standard InChI is InChI=1S/C13H14FNO/c1-13(2,3)12(16)15-7-6-9-8-10(14)4-5-11(9)15/h4-8H,1-3H3/i14-1. The molecule has 0 bridgehead atoms. The molecule has 0 radical (unpaired) electrons. The Morgan fingerprint density at radius 2 is 1.94 bits per heavy atom. The number of carbonyl (C=O) groups excluding carboxylic acids is 1. The highest BCUT2D eigenvalue weighted by atomic mass is 18.2. The predicted molar refractivity (Wildman–Crippen MR) is 62.0 cm³/mol. The minimum atomic E-state index is -0.444. The van der Waals surface area contributed by atoms with Crippen molar-refractivity contribution in [2.45, 2.75) is 20.8 Å². The maximum absolute atomic E-state index is 13.0. The average molecular weight is 218 g/mol. The Morgan fingerprint density at radius 1 is 1.25 bits per heavy atom. The zero-order chi connectivity index (χ0) is 11.9. The number of rotatable bonds is 0. The van der Waals surface area contributed by atoms with E-state index in [0.29, 0.717) is 0 Å². The van der Waals surface area contributed by atoms with Crippen LogP contribution in [0.25, 0.3) is 10.9 Å². The monoisotopic (exact) mass is 218 g/mol. The minimum Gasteiger partial charge on any atom is -0.287 e. The molecule has 0 aliphatic rings. The van der Waals surface area contributed by atoms with E-state index in [1.165, 1.54) is 12.1 Å². The van der Waals surface area contributed by atoms with Crippen LogP contribution in [0.2, 0.25) is 0 Å². The van der Waals surface area contributed by atoms with Gasteiger partial charge in [-0.05, 0) is 24.3 Å². The number of carbonyl (C=O) groups is 1. The van der Waals surface area contributed by atoms with Crippen molar-refractivity contribution in [2.75, 3.05) is 0 Å². The van der Waals surface area contributed by atoms with Crippen LogP contribution < -0.4 is 0 Å². The van der Waals surface area contributed by atoms with Crippen molar-refractivity contribution in [3.8, 4) is 0 Å². The van der Waals surface area contributed by atoms with Crippen LogP contribution in [0.15, 0.2) is 30.5 Å². The molecule has 0 atom stereocenters. The van der Waals surface area contributed by atoms with Crippen molar-refractivity contribution in [1.29, 1.82) is 0 Å². The summed E-state index contributed by atoms with van der Waals surface area (Å²) >= 11 is 0. The lowest BCUT2D eigenvalue weighted by Crippen LogP contribution is -2.25. The van der Waals surface area contributed by atoms with Crippen LogP contribution in [-0.4, -0.2) is 10.5 Å². The summed E-state index contributed by atoms with van der Waals surface area (Å²) in [5, 5.41) is 0.748. The summed E-state index contributed by atoms with van der Waals surface area (Å²) in [4.78, 5) is 12.1. The number of nitrogens with zero attached hydrogens (tertiary/aromatic N) is 1. The van der Waals surface area contributed by atoms with E-state index in [0.717, 1.165) is 10.9 Å². The summed E-state index contributed by atoms with van der Waals surface area (Å²) in [6.07, 6.45) is 1.69. The third-order valence-electron chi connectivity index (χ3n) is 2.51. The molecule has 1 aromatic carbocycles. The third kappa shape index (κ3) is 1.73. The summed E-state index contributed by atoms with van der Waals surface area (Å²) in [7, 11) is 0.